The Bertz CT molecular complexity index is 2740. The first kappa shape index (κ1) is 37.8. The summed E-state index contributed by atoms with van der Waals surface area (Å²) in [6.45, 7) is 0. The van der Waals surface area contributed by atoms with E-state index in [2.05, 4.69) is 20.1 Å². The van der Waals surface area contributed by atoms with E-state index in [1.807, 2.05) is 0 Å². The highest BCUT2D eigenvalue weighted by Crippen LogP contribution is 2.35. The Morgan fingerprint density at radius 1 is 0.426 bits per heavy atom. The van der Waals surface area contributed by atoms with E-state index in [0.717, 1.165) is 36.4 Å². The highest BCUT2D eigenvalue weighted by atomic mass is 32.2. The average molecular weight is 815 g/mol. The molecule has 0 aliphatic rings. The average Bonchev–Trinajstić information content (AvgIpc) is 3.10. The van der Waals surface area contributed by atoms with Crippen molar-refractivity contribution in [1.82, 2.24) is 0 Å². The monoisotopic (exact) mass is 814 g/mol. The fourth-order valence-corrected chi connectivity index (χ4v) is 8.43. The van der Waals surface area contributed by atoms with Crippen LogP contribution in [0.3, 0.4) is 0 Å². The van der Waals surface area contributed by atoms with Crippen LogP contribution >= 0.6 is 0 Å². The zero-order valence-electron chi connectivity index (χ0n) is 27.0. The van der Waals surface area contributed by atoms with Gasteiger partial charge >= 0.3 is 6.03 Å². The maximum Gasteiger partial charge on any atom is 0.323 e. The molecule has 0 aliphatic heterocycles. The Labute approximate surface area is 307 Å². The van der Waals surface area contributed by atoms with Crippen LogP contribution in [-0.4, -0.2) is 59.0 Å². The molecule has 0 radical (unpaired) electrons. The van der Waals surface area contributed by atoms with Gasteiger partial charge in [-0.2, -0.15) is 16.8 Å². The lowest BCUT2D eigenvalue weighted by Gasteiger charge is -2.13. The molecule has 0 heterocycles. The molecule has 6 aromatic rings. The minimum atomic E-state index is -4.59. The summed E-state index contributed by atoms with van der Waals surface area (Å²) >= 11 is 0. The lowest BCUT2D eigenvalue weighted by Crippen LogP contribution is -2.20. The molecule has 0 saturated heterocycles. The number of phenolic OH excluding ortho intramolecular Hbond substituents is 2. The number of aromatic hydroxyl groups is 2. The Morgan fingerprint density at radius 3 is 1.09 bits per heavy atom. The molecule has 280 valence electrons. The molecule has 0 atom stereocenters. The van der Waals surface area contributed by atoms with E-state index in [9.17, 15) is 57.8 Å². The predicted molar refractivity (Wildman–Crippen MR) is 198 cm³/mol. The van der Waals surface area contributed by atoms with Gasteiger partial charge in [-0.1, -0.05) is 12.1 Å². The first-order valence-electron chi connectivity index (χ1n) is 15.0. The summed E-state index contributed by atoms with van der Waals surface area (Å²) in [6, 6.07) is 20.6. The number of hydrogen-bond donors (Lipinski definition) is 8. The fourth-order valence-electron chi connectivity index (χ4n) is 5.26. The van der Waals surface area contributed by atoms with Crippen LogP contribution in [0.2, 0.25) is 0 Å². The Hall–Kier alpha value is -5.97. The molecular formula is C33H26N4O13S4. The quantitative estimate of drug-likeness (QED) is 0.0657. The first-order chi connectivity index (χ1) is 25.2. The van der Waals surface area contributed by atoms with Crippen LogP contribution in [0.1, 0.15) is 0 Å². The van der Waals surface area contributed by atoms with Crippen LogP contribution in [0.5, 0.6) is 11.5 Å². The summed E-state index contributed by atoms with van der Waals surface area (Å²) in [5, 5.41) is 25.7. The summed E-state index contributed by atoms with van der Waals surface area (Å²) in [6.07, 6.45) is 0. The SMILES string of the molecule is O=C(Nc1ccc(S(=O)(=O)Nc2ccc(O)c3cc(S(=O)(=O)O)ccc23)cc1)Nc1ccc(S(=O)(=O)Nc2ccc(O)c3cc(S(=O)(=O)O)ccc23)cc1. The zero-order chi connectivity index (χ0) is 39.2. The van der Waals surface area contributed by atoms with Crippen molar-refractivity contribution in [3.63, 3.8) is 0 Å². The number of amides is 2. The zero-order valence-corrected chi connectivity index (χ0v) is 30.3. The van der Waals surface area contributed by atoms with Crippen molar-refractivity contribution in [3.05, 3.63) is 109 Å². The van der Waals surface area contributed by atoms with Crippen molar-refractivity contribution < 1.29 is 57.8 Å². The number of phenols is 2. The summed E-state index contributed by atoms with van der Waals surface area (Å²) in [5.41, 5.74) is 0.387. The number of carbonyl (C=O) groups is 1. The van der Waals surface area contributed by atoms with Gasteiger partial charge in [0, 0.05) is 32.9 Å². The normalized spacial score (nSPS) is 12.3. The van der Waals surface area contributed by atoms with Crippen LogP contribution in [0.4, 0.5) is 27.5 Å². The molecule has 0 aliphatic carbocycles. The van der Waals surface area contributed by atoms with E-state index in [1.54, 1.807) is 0 Å². The largest absolute Gasteiger partial charge is 0.507 e. The predicted octanol–water partition coefficient (Wildman–Crippen LogP) is 5.14. The number of urea groups is 1. The molecule has 0 bridgehead atoms. The summed E-state index contributed by atoms with van der Waals surface area (Å²) < 4.78 is 122. The van der Waals surface area contributed by atoms with E-state index >= 15 is 0 Å². The van der Waals surface area contributed by atoms with Gasteiger partial charge in [0.15, 0.2) is 0 Å². The van der Waals surface area contributed by atoms with Crippen molar-refractivity contribution in [2.24, 2.45) is 0 Å². The van der Waals surface area contributed by atoms with Crippen molar-refractivity contribution in [1.29, 1.82) is 0 Å². The standard InChI is InChI=1S/C33H26N4O13S4/c38-31-15-13-29(25-11-9-23(17-27(25)31)53(45,46)47)36-51(41,42)21-5-1-19(2-6-21)34-33(40)35-20-3-7-22(8-4-20)52(43,44)37-30-14-16-32(39)28-18-24(54(48,49)50)10-12-26(28)30/h1-18,36-39H,(H2,34,35,40)(H,45,46,47)(H,48,49,50). The van der Waals surface area contributed by atoms with E-state index < -0.39 is 56.1 Å². The number of rotatable bonds is 10. The lowest BCUT2D eigenvalue weighted by molar-refractivity contribution is 0.262. The maximum atomic E-state index is 13.2. The third kappa shape index (κ3) is 8.00. The van der Waals surface area contributed by atoms with Gasteiger partial charge in [-0.25, -0.2) is 21.6 Å². The fraction of sp³-hybridized carbons (Fsp3) is 0. The molecule has 6 rings (SSSR count). The van der Waals surface area contributed by atoms with Crippen molar-refractivity contribution in [2.75, 3.05) is 20.1 Å². The molecule has 8 N–H and O–H groups in total. The molecule has 0 spiro atoms. The molecule has 0 saturated carbocycles. The third-order valence-electron chi connectivity index (χ3n) is 7.86. The summed E-state index contributed by atoms with van der Waals surface area (Å²) in [5.74, 6) is -0.708. The Balaban J connectivity index is 1.11. The second kappa shape index (κ2) is 13.8. The van der Waals surface area contributed by atoms with E-state index in [0.29, 0.717) is 0 Å². The maximum absolute atomic E-state index is 13.2. The van der Waals surface area contributed by atoms with E-state index in [1.165, 1.54) is 72.8 Å². The van der Waals surface area contributed by atoms with Gasteiger partial charge in [0.1, 0.15) is 11.5 Å². The molecule has 54 heavy (non-hydrogen) atoms. The second-order valence-corrected chi connectivity index (χ2v) is 17.7. The molecule has 0 aromatic heterocycles. The number of sulfonamides is 2. The Morgan fingerprint density at radius 2 is 0.759 bits per heavy atom. The number of fused-ring (bicyclic) bond motifs is 2. The minimum Gasteiger partial charge on any atom is -0.507 e. The van der Waals surface area contributed by atoms with Gasteiger partial charge in [-0.05, 0) is 97.1 Å². The molecular weight excluding hydrogens is 789 g/mol. The van der Waals surface area contributed by atoms with Gasteiger partial charge in [0.25, 0.3) is 40.3 Å². The molecule has 0 fully saturated rings. The van der Waals surface area contributed by atoms with Crippen LogP contribution in [0.15, 0.2) is 129 Å². The number of benzene rings is 6. The molecule has 17 nitrogen and oxygen atoms in total. The number of carbonyl (C=O) groups excluding carboxylic acids is 1. The lowest BCUT2D eigenvalue weighted by atomic mass is 10.1. The number of nitrogens with one attached hydrogen (secondary N) is 4. The smallest absolute Gasteiger partial charge is 0.323 e. The van der Waals surface area contributed by atoms with E-state index in [4.69, 9.17) is 0 Å². The van der Waals surface area contributed by atoms with Gasteiger partial charge in [0.2, 0.25) is 0 Å². The van der Waals surface area contributed by atoms with Gasteiger partial charge in [0.05, 0.1) is 31.0 Å². The number of hydrogen-bond acceptors (Lipinski definition) is 11. The highest BCUT2D eigenvalue weighted by molar-refractivity contribution is 7.93. The van der Waals surface area contributed by atoms with Gasteiger partial charge in [-0.15, -0.1) is 0 Å². The van der Waals surface area contributed by atoms with Crippen LogP contribution in [0, 0.1) is 0 Å². The van der Waals surface area contributed by atoms with Gasteiger partial charge < -0.3 is 20.8 Å². The van der Waals surface area contributed by atoms with Crippen LogP contribution < -0.4 is 20.1 Å². The molecule has 21 heteroatoms. The Kier molecular flexibility index (Phi) is 9.64. The molecule has 6 aromatic carbocycles. The van der Waals surface area contributed by atoms with Crippen molar-refractivity contribution >= 4 is 90.6 Å². The van der Waals surface area contributed by atoms with E-state index in [-0.39, 0.29) is 65.6 Å². The molecule has 0 unspecified atom stereocenters. The first-order valence-corrected chi connectivity index (χ1v) is 20.9. The van der Waals surface area contributed by atoms with Crippen molar-refractivity contribution in [3.8, 4) is 11.5 Å². The van der Waals surface area contributed by atoms with Crippen LogP contribution in [-0.2, 0) is 40.3 Å². The third-order valence-corrected chi connectivity index (χ3v) is 12.3. The highest BCUT2D eigenvalue weighted by Gasteiger charge is 2.21. The number of anilines is 4. The summed E-state index contributed by atoms with van der Waals surface area (Å²) in [4.78, 5) is 11.3. The van der Waals surface area contributed by atoms with Crippen LogP contribution in [0.25, 0.3) is 21.5 Å². The second-order valence-electron chi connectivity index (χ2n) is 11.5. The minimum absolute atomic E-state index is 0.00609. The molecule has 2 amide bonds. The van der Waals surface area contributed by atoms with Gasteiger partial charge in [-0.3, -0.25) is 18.5 Å². The topological polar surface area (TPSA) is 283 Å². The summed E-state index contributed by atoms with van der Waals surface area (Å²) in [7, 11) is -17.6. The van der Waals surface area contributed by atoms with Crippen molar-refractivity contribution in [2.45, 2.75) is 19.6 Å².